The standard InChI is InChI=1S/C14H28N3O5P/c15-11(7-13(16)19)14(20)17-8-10(18)6-12(23(21)22)9-4-2-1-3-5-9/h9-12,18,23H,1-8,15H2,(H2,16,19)(H,17,20)(H,21,22)/t10-,11+,12?/m1/s1. The molecule has 0 radical (unpaired) electrons. The van der Waals surface area contributed by atoms with Gasteiger partial charge in [0.25, 0.3) is 0 Å². The normalized spacial score (nSPS) is 21.2. The van der Waals surface area contributed by atoms with Gasteiger partial charge in [-0.3, -0.25) is 14.2 Å². The number of hydrogen-bond acceptors (Lipinski definition) is 5. The van der Waals surface area contributed by atoms with Gasteiger partial charge < -0.3 is 26.8 Å². The molecule has 0 saturated heterocycles. The Morgan fingerprint density at radius 3 is 2.39 bits per heavy atom. The Morgan fingerprint density at radius 1 is 1.26 bits per heavy atom. The monoisotopic (exact) mass is 349 g/mol. The molecule has 0 aromatic rings. The molecular weight excluding hydrogens is 321 g/mol. The zero-order valence-electron chi connectivity index (χ0n) is 13.2. The maximum Gasteiger partial charge on any atom is 0.237 e. The molecule has 0 heterocycles. The highest BCUT2D eigenvalue weighted by Gasteiger charge is 2.29. The summed E-state index contributed by atoms with van der Waals surface area (Å²) in [5.74, 6) is -1.10. The first-order valence-electron chi connectivity index (χ1n) is 8.03. The summed E-state index contributed by atoms with van der Waals surface area (Å²) in [6, 6.07) is -1.05. The van der Waals surface area contributed by atoms with Gasteiger partial charge in [0.15, 0.2) is 8.03 Å². The van der Waals surface area contributed by atoms with Crippen LogP contribution in [0.25, 0.3) is 0 Å². The summed E-state index contributed by atoms with van der Waals surface area (Å²) in [6.07, 6.45) is 4.03. The van der Waals surface area contributed by atoms with Gasteiger partial charge in [-0.05, 0) is 25.2 Å². The first-order chi connectivity index (χ1) is 10.8. The van der Waals surface area contributed by atoms with Crippen molar-refractivity contribution in [1.82, 2.24) is 5.32 Å². The van der Waals surface area contributed by atoms with Crippen molar-refractivity contribution in [3.05, 3.63) is 0 Å². The largest absolute Gasteiger partial charge is 0.391 e. The van der Waals surface area contributed by atoms with Crippen molar-refractivity contribution in [1.29, 1.82) is 0 Å². The predicted molar refractivity (Wildman–Crippen MR) is 87.0 cm³/mol. The number of aliphatic hydroxyl groups excluding tert-OH is 1. The van der Waals surface area contributed by atoms with E-state index in [4.69, 9.17) is 11.5 Å². The number of carbonyl (C=O) groups is 2. The highest BCUT2D eigenvalue weighted by molar-refractivity contribution is 7.38. The number of nitrogens with one attached hydrogen (secondary N) is 1. The lowest BCUT2D eigenvalue weighted by Gasteiger charge is -2.29. The van der Waals surface area contributed by atoms with Crippen LogP contribution in [-0.2, 0) is 14.2 Å². The van der Waals surface area contributed by atoms with Gasteiger partial charge in [0, 0.05) is 12.2 Å². The van der Waals surface area contributed by atoms with Gasteiger partial charge in [0.05, 0.1) is 18.6 Å². The Labute approximate surface area is 136 Å². The van der Waals surface area contributed by atoms with Gasteiger partial charge >= 0.3 is 0 Å². The summed E-state index contributed by atoms with van der Waals surface area (Å²) in [5.41, 5.74) is 10.0. The fraction of sp³-hybridized carbons (Fsp3) is 0.857. The Bertz CT molecular complexity index is 429. The SMILES string of the molecule is NC(=O)C[C@H](N)C(=O)NC[C@H](O)CC(C1CCCCC1)[PH](=O)O. The van der Waals surface area contributed by atoms with Crippen molar-refractivity contribution in [2.45, 2.75) is 62.8 Å². The summed E-state index contributed by atoms with van der Waals surface area (Å²) < 4.78 is 11.6. The van der Waals surface area contributed by atoms with Crippen LogP contribution in [0.3, 0.4) is 0 Å². The Hall–Kier alpha value is -0.950. The second-order valence-electron chi connectivity index (χ2n) is 6.25. The number of aliphatic hydroxyl groups is 1. The van der Waals surface area contributed by atoms with Crippen LogP contribution in [0.2, 0.25) is 0 Å². The zero-order chi connectivity index (χ0) is 17.4. The smallest absolute Gasteiger partial charge is 0.237 e. The second kappa shape index (κ2) is 10.0. The lowest BCUT2D eigenvalue weighted by Crippen LogP contribution is -2.45. The third-order valence-corrected chi connectivity index (χ3v) is 5.67. The Kier molecular flexibility index (Phi) is 8.76. The minimum Gasteiger partial charge on any atom is -0.391 e. The van der Waals surface area contributed by atoms with Gasteiger partial charge in [-0.25, -0.2) is 0 Å². The minimum absolute atomic E-state index is 0.0658. The molecule has 134 valence electrons. The summed E-state index contributed by atoms with van der Waals surface area (Å²) in [6.45, 7) is -0.0658. The maximum absolute atomic E-state index is 11.6. The van der Waals surface area contributed by atoms with Crippen molar-refractivity contribution in [3.63, 3.8) is 0 Å². The fourth-order valence-corrected chi connectivity index (χ4v) is 4.28. The van der Waals surface area contributed by atoms with Gasteiger partial charge in [-0.15, -0.1) is 0 Å². The van der Waals surface area contributed by atoms with Crippen molar-refractivity contribution >= 4 is 19.8 Å². The molecule has 2 amide bonds. The molecule has 1 aliphatic rings. The van der Waals surface area contributed by atoms with Crippen molar-refractivity contribution < 1.29 is 24.2 Å². The van der Waals surface area contributed by atoms with Gasteiger partial charge in [-0.1, -0.05) is 19.3 Å². The lowest BCUT2D eigenvalue weighted by molar-refractivity contribution is -0.126. The molecule has 1 aliphatic carbocycles. The summed E-state index contributed by atoms with van der Waals surface area (Å²) in [5, 5.41) is 12.5. The van der Waals surface area contributed by atoms with E-state index in [1.54, 1.807) is 0 Å². The first-order valence-corrected chi connectivity index (χ1v) is 9.47. The summed E-state index contributed by atoms with van der Waals surface area (Å²) in [7, 11) is -2.75. The number of amides is 2. The highest BCUT2D eigenvalue weighted by Crippen LogP contribution is 2.40. The quantitative estimate of drug-likeness (QED) is 0.352. The van der Waals surface area contributed by atoms with Crippen LogP contribution < -0.4 is 16.8 Å². The second-order valence-corrected chi connectivity index (χ2v) is 7.67. The van der Waals surface area contributed by atoms with E-state index in [0.717, 1.165) is 32.1 Å². The van der Waals surface area contributed by atoms with Crippen LogP contribution in [0.15, 0.2) is 0 Å². The Morgan fingerprint density at radius 2 is 1.87 bits per heavy atom. The molecular formula is C14H28N3O5P. The molecule has 0 aromatic carbocycles. The van der Waals surface area contributed by atoms with Crippen LogP contribution in [0.5, 0.6) is 0 Å². The molecule has 0 aliphatic heterocycles. The minimum atomic E-state index is -2.75. The first kappa shape index (κ1) is 20.1. The van der Waals surface area contributed by atoms with Gasteiger partial charge in [-0.2, -0.15) is 0 Å². The van der Waals surface area contributed by atoms with Crippen molar-refractivity contribution in [2.75, 3.05) is 6.54 Å². The van der Waals surface area contributed by atoms with Crippen LogP contribution in [0.4, 0.5) is 0 Å². The van der Waals surface area contributed by atoms with Crippen LogP contribution in [0, 0.1) is 5.92 Å². The van der Waals surface area contributed by atoms with Crippen LogP contribution in [-0.4, -0.2) is 46.2 Å². The van der Waals surface area contributed by atoms with E-state index in [1.165, 1.54) is 0 Å². The molecule has 0 spiro atoms. The third-order valence-electron chi connectivity index (χ3n) is 4.33. The highest BCUT2D eigenvalue weighted by atomic mass is 31.1. The molecule has 1 rings (SSSR count). The molecule has 4 atom stereocenters. The van der Waals surface area contributed by atoms with Crippen LogP contribution in [0.1, 0.15) is 44.9 Å². The predicted octanol–water partition coefficient (Wildman–Crippen LogP) is -0.528. The van der Waals surface area contributed by atoms with E-state index in [9.17, 15) is 24.2 Å². The number of hydrogen-bond donors (Lipinski definition) is 5. The van der Waals surface area contributed by atoms with Crippen LogP contribution >= 0.6 is 8.03 Å². The number of rotatable bonds is 9. The maximum atomic E-state index is 11.6. The van der Waals surface area contributed by atoms with E-state index in [2.05, 4.69) is 5.32 Å². The summed E-state index contributed by atoms with van der Waals surface area (Å²) in [4.78, 5) is 31.9. The molecule has 9 heteroatoms. The third kappa shape index (κ3) is 7.44. The molecule has 23 heavy (non-hydrogen) atoms. The van der Waals surface area contributed by atoms with E-state index in [1.807, 2.05) is 0 Å². The molecule has 7 N–H and O–H groups in total. The topological polar surface area (TPSA) is 156 Å². The molecule has 1 saturated carbocycles. The molecule has 1 fully saturated rings. The van der Waals surface area contributed by atoms with Crippen molar-refractivity contribution in [3.8, 4) is 0 Å². The number of carbonyl (C=O) groups excluding carboxylic acids is 2. The zero-order valence-corrected chi connectivity index (χ0v) is 14.2. The van der Waals surface area contributed by atoms with E-state index >= 15 is 0 Å². The van der Waals surface area contributed by atoms with Gasteiger partial charge in [0.2, 0.25) is 11.8 Å². The molecule has 0 aromatic heterocycles. The van der Waals surface area contributed by atoms with Crippen molar-refractivity contribution in [2.24, 2.45) is 17.4 Å². The van der Waals surface area contributed by atoms with E-state index in [-0.39, 0.29) is 25.3 Å². The van der Waals surface area contributed by atoms with Gasteiger partial charge in [0.1, 0.15) is 0 Å². The van der Waals surface area contributed by atoms with E-state index < -0.39 is 37.6 Å². The fourth-order valence-electron chi connectivity index (χ4n) is 3.07. The number of nitrogens with two attached hydrogens (primary N) is 2. The van der Waals surface area contributed by atoms with E-state index in [0.29, 0.717) is 0 Å². The Balaban J connectivity index is 2.43. The lowest BCUT2D eigenvalue weighted by atomic mass is 9.85. The molecule has 2 unspecified atom stereocenters. The molecule has 8 nitrogen and oxygen atoms in total. The molecule has 0 bridgehead atoms. The average Bonchev–Trinajstić information content (AvgIpc) is 2.50. The summed E-state index contributed by atoms with van der Waals surface area (Å²) >= 11 is 0. The average molecular weight is 349 g/mol. The number of primary amides is 1.